The maximum Gasteiger partial charge on any atom is 0.407 e. The van der Waals surface area contributed by atoms with Crippen molar-refractivity contribution < 1.29 is 14.3 Å². The first-order valence-corrected chi connectivity index (χ1v) is 9.33. The monoisotopic (exact) mass is 348 g/mol. The molecule has 0 bridgehead atoms. The quantitative estimate of drug-likeness (QED) is 0.761. The van der Waals surface area contributed by atoms with Crippen molar-refractivity contribution in [1.29, 1.82) is 0 Å². The third-order valence-corrected chi connectivity index (χ3v) is 4.23. The summed E-state index contributed by atoms with van der Waals surface area (Å²) in [7, 11) is 0. The van der Waals surface area contributed by atoms with Crippen molar-refractivity contribution in [2.45, 2.75) is 58.1 Å². The Morgan fingerprint density at radius 1 is 1.24 bits per heavy atom. The number of hydrogen-bond donors (Lipinski definition) is 1. The Morgan fingerprint density at radius 3 is 2.72 bits per heavy atom. The van der Waals surface area contributed by atoms with Crippen molar-refractivity contribution in [3.05, 3.63) is 30.3 Å². The third kappa shape index (κ3) is 7.78. The lowest BCUT2D eigenvalue weighted by Crippen LogP contribution is -2.47. The Bertz CT molecular complexity index is 513. The third-order valence-electron chi connectivity index (χ3n) is 4.23. The SMILES string of the molecule is CC(C)(C)OC(=O)NCC1CCCCN1CCCOc1ccccc1. The highest BCUT2D eigenvalue weighted by atomic mass is 16.6. The summed E-state index contributed by atoms with van der Waals surface area (Å²) in [4.78, 5) is 14.3. The molecule has 5 nitrogen and oxygen atoms in total. The molecule has 0 aromatic heterocycles. The minimum absolute atomic E-state index is 0.328. The minimum Gasteiger partial charge on any atom is -0.494 e. The van der Waals surface area contributed by atoms with Crippen LogP contribution in [0.2, 0.25) is 0 Å². The molecule has 140 valence electrons. The highest BCUT2D eigenvalue weighted by Gasteiger charge is 2.23. The number of benzene rings is 1. The molecule has 1 aromatic carbocycles. The summed E-state index contributed by atoms with van der Waals surface area (Å²) in [5.74, 6) is 0.921. The first kappa shape index (κ1) is 19.6. The number of carbonyl (C=O) groups is 1. The number of amides is 1. The predicted molar refractivity (Wildman–Crippen MR) is 100 cm³/mol. The van der Waals surface area contributed by atoms with Gasteiger partial charge in [0, 0.05) is 19.1 Å². The van der Waals surface area contributed by atoms with Gasteiger partial charge in [-0.05, 0) is 58.7 Å². The van der Waals surface area contributed by atoms with Crippen molar-refractivity contribution in [3.8, 4) is 5.75 Å². The van der Waals surface area contributed by atoms with Gasteiger partial charge in [-0.3, -0.25) is 4.90 Å². The van der Waals surface area contributed by atoms with Gasteiger partial charge in [0.15, 0.2) is 0 Å². The first-order chi connectivity index (χ1) is 11.9. The van der Waals surface area contributed by atoms with E-state index in [0.29, 0.717) is 19.2 Å². The Hall–Kier alpha value is -1.75. The number of piperidine rings is 1. The van der Waals surface area contributed by atoms with Crippen LogP contribution >= 0.6 is 0 Å². The Labute approximate surface area is 151 Å². The molecule has 0 radical (unpaired) electrons. The maximum atomic E-state index is 11.9. The molecule has 1 atom stereocenters. The standard InChI is InChI=1S/C20H32N2O3/c1-20(2,3)25-19(23)21-16-17-10-7-8-13-22(17)14-9-15-24-18-11-5-4-6-12-18/h4-6,11-12,17H,7-10,13-16H2,1-3H3,(H,21,23). The van der Waals surface area contributed by atoms with E-state index in [1.54, 1.807) is 0 Å². The molecule has 0 aliphatic carbocycles. The van der Waals surface area contributed by atoms with Crippen LogP contribution < -0.4 is 10.1 Å². The fourth-order valence-corrected chi connectivity index (χ4v) is 3.08. The summed E-state index contributed by atoms with van der Waals surface area (Å²) >= 11 is 0. The number of ether oxygens (including phenoxy) is 2. The van der Waals surface area contributed by atoms with Gasteiger partial charge in [-0.15, -0.1) is 0 Å². The van der Waals surface area contributed by atoms with Crippen LogP contribution in [0.5, 0.6) is 5.75 Å². The van der Waals surface area contributed by atoms with Crippen LogP contribution in [0.15, 0.2) is 30.3 Å². The number of likely N-dealkylation sites (tertiary alicyclic amines) is 1. The minimum atomic E-state index is -0.453. The Balaban J connectivity index is 1.69. The summed E-state index contributed by atoms with van der Waals surface area (Å²) in [6.07, 6.45) is 4.22. The number of carbonyl (C=O) groups excluding carboxylic acids is 1. The second kappa shape index (κ2) is 9.66. The maximum absolute atomic E-state index is 11.9. The summed E-state index contributed by atoms with van der Waals surface area (Å²) in [5.41, 5.74) is -0.453. The van der Waals surface area contributed by atoms with E-state index in [2.05, 4.69) is 10.2 Å². The molecule has 1 N–H and O–H groups in total. The van der Waals surface area contributed by atoms with Gasteiger partial charge in [0.25, 0.3) is 0 Å². The van der Waals surface area contributed by atoms with Gasteiger partial charge in [0.1, 0.15) is 11.4 Å². The van der Waals surface area contributed by atoms with Gasteiger partial charge in [-0.1, -0.05) is 24.6 Å². The topological polar surface area (TPSA) is 50.8 Å². The summed E-state index contributed by atoms with van der Waals surface area (Å²) in [5, 5.41) is 2.92. The number of rotatable bonds is 7. The molecule has 0 saturated carbocycles. The van der Waals surface area contributed by atoms with Crippen molar-refractivity contribution in [2.75, 3.05) is 26.2 Å². The molecule has 25 heavy (non-hydrogen) atoms. The molecule has 1 amide bonds. The van der Waals surface area contributed by atoms with Crippen molar-refractivity contribution in [1.82, 2.24) is 10.2 Å². The number of alkyl carbamates (subject to hydrolysis) is 1. The van der Waals surface area contributed by atoms with Crippen LogP contribution in [0.4, 0.5) is 4.79 Å². The number of nitrogens with zero attached hydrogens (tertiary/aromatic N) is 1. The Morgan fingerprint density at radius 2 is 2.00 bits per heavy atom. The molecule has 5 heteroatoms. The highest BCUT2D eigenvalue weighted by molar-refractivity contribution is 5.67. The molecule has 1 aliphatic rings. The van der Waals surface area contributed by atoms with Crippen molar-refractivity contribution in [3.63, 3.8) is 0 Å². The predicted octanol–water partition coefficient (Wildman–Crippen LogP) is 3.83. The van der Waals surface area contributed by atoms with E-state index in [-0.39, 0.29) is 6.09 Å². The van der Waals surface area contributed by atoms with Crippen molar-refractivity contribution in [2.24, 2.45) is 0 Å². The lowest BCUT2D eigenvalue weighted by molar-refractivity contribution is 0.0493. The highest BCUT2D eigenvalue weighted by Crippen LogP contribution is 2.17. The van der Waals surface area contributed by atoms with Gasteiger partial charge >= 0.3 is 6.09 Å². The zero-order valence-corrected chi connectivity index (χ0v) is 15.8. The van der Waals surface area contributed by atoms with E-state index in [1.165, 1.54) is 12.8 Å². The van der Waals surface area contributed by atoms with Crippen LogP contribution in [-0.2, 0) is 4.74 Å². The number of hydrogen-bond acceptors (Lipinski definition) is 4. The zero-order chi connectivity index (χ0) is 18.1. The van der Waals surface area contributed by atoms with Crippen molar-refractivity contribution >= 4 is 6.09 Å². The van der Waals surface area contributed by atoms with Crippen LogP contribution in [0.25, 0.3) is 0 Å². The van der Waals surface area contributed by atoms with E-state index in [4.69, 9.17) is 9.47 Å². The average molecular weight is 348 g/mol. The van der Waals surface area contributed by atoms with E-state index in [1.807, 2.05) is 51.1 Å². The van der Waals surface area contributed by atoms with Gasteiger partial charge < -0.3 is 14.8 Å². The Kier molecular flexibility index (Phi) is 7.56. The average Bonchev–Trinajstić information content (AvgIpc) is 2.57. The fraction of sp³-hybridized carbons (Fsp3) is 0.650. The molecule has 1 unspecified atom stereocenters. The van der Waals surface area contributed by atoms with Crippen LogP contribution in [0, 0.1) is 0 Å². The smallest absolute Gasteiger partial charge is 0.407 e. The fourth-order valence-electron chi connectivity index (χ4n) is 3.08. The summed E-state index contributed by atoms with van der Waals surface area (Å²) in [6.45, 7) is 9.09. The van der Waals surface area contributed by atoms with Crippen LogP contribution in [0.1, 0.15) is 46.5 Å². The van der Waals surface area contributed by atoms with Gasteiger partial charge in [-0.25, -0.2) is 4.79 Å². The lowest BCUT2D eigenvalue weighted by atomic mass is 10.0. The largest absolute Gasteiger partial charge is 0.494 e. The number of para-hydroxylation sites is 1. The summed E-state index contributed by atoms with van der Waals surface area (Å²) in [6, 6.07) is 10.3. The van der Waals surface area contributed by atoms with E-state index in [9.17, 15) is 4.79 Å². The molecule has 2 rings (SSSR count). The summed E-state index contributed by atoms with van der Waals surface area (Å²) < 4.78 is 11.1. The van der Waals surface area contributed by atoms with Gasteiger partial charge in [-0.2, -0.15) is 0 Å². The second-order valence-corrected chi connectivity index (χ2v) is 7.58. The van der Waals surface area contributed by atoms with E-state index < -0.39 is 5.60 Å². The molecule has 1 heterocycles. The number of nitrogens with one attached hydrogen (secondary N) is 1. The molecule has 1 saturated heterocycles. The molecule has 0 spiro atoms. The second-order valence-electron chi connectivity index (χ2n) is 7.58. The van der Waals surface area contributed by atoms with E-state index >= 15 is 0 Å². The normalized spacial score (nSPS) is 18.6. The first-order valence-electron chi connectivity index (χ1n) is 9.33. The lowest BCUT2D eigenvalue weighted by Gasteiger charge is -2.36. The van der Waals surface area contributed by atoms with E-state index in [0.717, 1.165) is 31.7 Å². The molecular formula is C20H32N2O3. The van der Waals surface area contributed by atoms with Crippen LogP contribution in [0.3, 0.4) is 0 Å². The van der Waals surface area contributed by atoms with Gasteiger partial charge in [0.2, 0.25) is 0 Å². The molecule has 1 aliphatic heterocycles. The molecule has 1 fully saturated rings. The van der Waals surface area contributed by atoms with Crippen LogP contribution in [-0.4, -0.2) is 48.9 Å². The zero-order valence-electron chi connectivity index (χ0n) is 15.8. The molecule has 1 aromatic rings. The van der Waals surface area contributed by atoms with Gasteiger partial charge in [0.05, 0.1) is 6.61 Å². The molecular weight excluding hydrogens is 316 g/mol.